The van der Waals surface area contributed by atoms with Gasteiger partial charge in [0.05, 0.1) is 13.2 Å². The third kappa shape index (κ3) is 10.5. The molecule has 0 aliphatic rings. The van der Waals surface area contributed by atoms with Crippen molar-refractivity contribution in [3.05, 3.63) is 29.3 Å². The summed E-state index contributed by atoms with van der Waals surface area (Å²) in [4.78, 5) is 0. The fourth-order valence-electron chi connectivity index (χ4n) is 2.82. The van der Waals surface area contributed by atoms with E-state index in [1.54, 1.807) is 0 Å². The quantitative estimate of drug-likeness (QED) is 0.235. The lowest BCUT2D eigenvalue weighted by Crippen LogP contribution is -2.13. The molecule has 0 fully saturated rings. The largest absolute Gasteiger partial charge is 0.426 e. The van der Waals surface area contributed by atoms with Crippen LogP contribution in [-0.4, -0.2) is 13.2 Å². The average molecular weight is 397 g/mol. The number of benzene rings is 1. The molecule has 1 aromatic rings. The van der Waals surface area contributed by atoms with Crippen molar-refractivity contribution >= 4 is 8.60 Å². The molecular weight excluding hydrogens is 355 g/mol. The molecule has 4 heteroatoms. The maximum atomic E-state index is 6.26. The molecule has 0 heterocycles. The minimum atomic E-state index is -1.35. The van der Waals surface area contributed by atoms with Crippen LogP contribution >= 0.6 is 8.60 Å². The minimum Gasteiger partial charge on any atom is -0.426 e. The standard InChI is InChI=1S/C23H41O3P/c1-7-9-11-13-17-24-27(25-18-14-12-10-8-2)26-22-16-15-20(3)19-21(22)23(4,5)6/h15-16,19H,7-14,17-18H2,1-6H3. The molecule has 0 bridgehead atoms. The molecule has 3 nitrogen and oxygen atoms in total. The Hall–Kier alpha value is -0.630. The van der Waals surface area contributed by atoms with E-state index in [-0.39, 0.29) is 5.41 Å². The van der Waals surface area contributed by atoms with E-state index in [2.05, 4.69) is 59.7 Å². The van der Waals surface area contributed by atoms with Gasteiger partial charge in [-0.2, -0.15) is 0 Å². The molecule has 156 valence electrons. The average Bonchev–Trinajstić information content (AvgIpc) is 2.61. The SMILES string of the molecule is CCCCCCOP(OCCCCCC)Oc1ccc(C)cc1C(C)(C)C. The third-order valence-corrected chi connectivity index (χ3v) is 5.64. The molecular formula is C23H41O3P. The van der Waals surface area contributed by atoms with Crippen molar-refractivity contribution in [2.24, 2.45) is 0 Å². The second kappa shape index (κ2) is 13.5. The molecule has 1 rings (SSSR count). The van der Waals surface area contributed by atoms with E-state index in [4.69, 9.17) is 13.6 Å². The van der Waals surface area contributed by atoms with Crippen LogP contribution in [0.3, 0.4) is 0 Å². The minimum absolute atomic E-state index is 0.0185. The van der Waals surface area contributed by atoms with E-state index in [9.17, 15) is 0 Å². The molecule has 0 radical (unpaired) electrons. The fourth-order valence-corrected chi connectivity index (χ4v) is 3.87. The molecule has 0 aliphatic carbocycles. The predicted molar refractivity (Wildman–Crippen MR) is 118 cm³/mol. The van der Waals surface area contributed by atoms with Crippen LogP contribution in [0.15, 0.2) is 18.2 Å². The van der Waals surface area contributed by atoms with Gasteiger partial charge in [0.15, 0.2) is 0 Å². The van der Waals surface area contributed by atoms with Gasteiger partial charge in [0.1, 0.15) is 5.75 Å². The summed E-state index contributed by atoms with van der Waals surface area (Å²) < 4.78 is 18.3. The zero-order valence-corrected chi connectivity index (χ0v) is 19.4. The highest BCUT2D eigenvalue weighted by Gasteiger charge is 2.23. The molecule has 0 saturated heterocycles. The summed E-state index contributed by atoms with van der Waals surface area (Å²) in [5.41, 5.74) is 2.47. The second-order valence-electron chi connectivity index (χ2n) is 8.35. The summed E-state index contributed by atoms with van der Waals surface area (Å²) in [5, 5.41) is 0. The summed E-state index contributed by atoms with van der Waals surface area (Å²) in [6.07, 6.45) is 9.51. The van der Waals surface area contributed by atoms with E-state index < -0.39 is 8.60 Å². The number of rotatable bonds is 14. The first-order valence-corrected chi connectivity index (χ1v) is 11.8. The third-order valence-electron chi connectivity index (χ3n) is 4.51. The van der Waals surface area contributed by atoms with Gasteiger partial charge in [-0.25, -0.2) is 0 Å². The van der Waals surface area contributed by atoms with Gasteiger partial charge in [-0.15, -0.1) is 0 Å². The van der Waals surface area contributed by atoms with Crippen LogP contribution in [0, 0.1) is 6.92 Å². The first-order chi connectivity index (χ1) is 12.9. The fraction of sp³-hybridized carbons (Fsp3) is 0.739. The van der Waals surface area contributed by atoms with Gasteiger partial charge in [0.2, 0.25) is 0 Å². The van der Waals surface area contributed by atoms with E-state index >= 15 is 0 Å². The van der Waals surface area contributed by atoms with E-state index in [1.165, 1.54) is 49.7 Å². The molecule has 0 spiro atoms. The van der Waals surface area contributed by atoms with Gasteiger partial charge in [-0.3, -0.25) is 0 Å². The molecule has 0 unspecified atom stereocenters. The molecule has 1 aromatic carbocycles. The van der Waals surface area contributed by atoms with Gasteiger partial charge in [0, 0.05) is 5.56 Å². The summed E-state index contributed by atoms with van der Waals surface area (Å²) in [7, 11) is -1.35. The highest BCUT2D eigenvalue weighted by Crippen LogP contribution is 2.44. The molecule has 0 N–H and O–H groups in total. The smallest absolute Gasteiger partial charge is 0.397 e. The highest BCUT2D eigenvalue weighted by atomic mass is 31.2. The Morgan fingerprint density at radius 2 is 1.37 bits per heavy atom. The van der Waals surface area contributed by atoms with Crippen LogP contribution in [0.4, 0.5) is 0 Å². The second-order valence-corrected chi connectivity index (χ2v) is 9.50. The van der Waals surface area contributed by atoms with Crippen molar-refractivity contribution in [1.82, 2.24) is 0 Å². The van der Waals surface area contributed by atoms with E-state index in [1.807, 2.05) is 0 Å². The summed E-state index contributed by atoms with van der Waals surface area (Å²) >= 11 is 0. The Morgan fingerprint density at radius 3 is 1.85 bits per heavy atom. The maximum Gasteiger partial charge on any atom is 0.397 e. The Labute approximate surface area is 169 Å². The summed E-state index contributed by atoms with van der Waals surface area (Å²) in [6, 6.07) is 6.37. The van der Waals surface area contributed by atoms with Crippen molar-refractivity contribution in [2.75, 3.05) is 13.2 Å². The lowest BCUT2D eigenvalue weighted by molar-refractivity contribution is 0.198. The normalized spacial score (nSPS) is 12.0. The molecule has 0 atom stereocenters. The number of hydrogen-bond acceptors (Lipinski definition) is 3. The Balaban J connectivity index is 2.71. The molecule has 27 heavy (non-hydrogen) atoms. The van der Waals surface area contributed by atoms with Gasteiger partial charge in [-0.1, -0.05) is 90.8 Å². The van der Waals surface area contributed by atoms with Crippen LogP contribution in [0.1, 0.15) is 97.1 Å². The van der Waals surface area contributed by atoms with Crippen molar-refractivity contribution in [3.63, 3.8) is 0 Å². The highest BCUT2D eigenvalue weighted by molar-refractivity contribution is 7.42. The monoisotopic (exact) mass is 396 g/mol. The van der Waals surface area contributed by atoms with Crippen LogP contribution < -0.4 is 4.52 Å². The van der Waals surface area contributed by atoms with Crippen LogP contribution in [0.5, 0.6) is 5.75 Å². The van der Waals surface area contributed by atoms with Gasteiger partial charge < -0.3 is 13.6 Å². The maximum absolute atomic E-state index is 6.26. The molecule has 0 amide bonds. The molecule has 0 aliphatic heterocycles. The lowest BCUT2D eigenvalue weighted by atomic mass is 9.85. The lowest BCUT2D eigenvalue weighted by Gasteiger charge is -2.25. The summed E-state index contributed by atoms with van der Waals surface area (Å²) in [6.45, 7) is 14.6. The van der Waals surface area contributed by atoms with Gasteiger partial charge in [0.25, 0.3) is 0 Å². The zero-order chi connectivity index (χ0) is 20.1. The van der Waals surface area contributed by atoms with Crippen LogP contribution in [0.2, 0.25) is 0 Å². The van der Waals surface area contributed by atoms with E-state index in [0.29, 0.717) is 13.2 Å². The first-order valence-electron chi connectivity index (χ1n) is 10.7. The Morgan fingerprint density at radius 1 is 0.815 bits per heavy atom. The molecule has 0 aromatic heterocycles. The van der Waals surface area contributed by atoms with E-state index in [0.717, 1.165) is 18.6 Å². The number of unbranched alkanes of at least 4 members (excludes halogenated alkanes) is 6. The molecule has 0 saturated carbocycles. The van der Waals surface area contributed by atoms with Gasteiger partial charge >= 0.3 is 8.60 Å². The number of aryl methyl sites for hydroxylation is 1. The zero-order valence-electron chi connectivity index (χ0n) is 18.5. The van der Waals surface area contributed by atoms with Crippen molar-refractivity contribution < 1.29 is 13.6 Å². The Bertz CT molecular complexity index is 497. The number of hydrogen-bond donors (Lipinski definition) is 0. The van der Waals surface area contributed by atoms with Crippen LogP contribution in [0.25, 0.3) is 0 Å². The summed E-state index contributed by atoms with van der Waals surface area (Å²) in [5.74, 6) is 0.890. The van der Waals surface area contributed by atoms with Crippen molar-refractivity contribution in [1.29, 1.82) is 0 Å². The Kier molecular flexibility index (Phi) is 12.2. The first kappa shape index (κ1) is 24.4. The van der Waals surface area contributed by atoms with Crippen molar-refractivity contribution in [3.8, 4) is 5.75 Å². The van der Waals surface area contributed by atoms with Gasteiger partial charge in [-0.05, 0) is 31.2 Å². The van der Waals surface area contributed by atoms with Crippen molar-refractivity contribution in [2.45, 2.75) is 98.3 Å². The predicted octanol–water partition coefficient (Wildman–Crippen LogP) is 8.09. The topological polar surface area (TPSA) is 27.7 Å². The van der Waals surface area contributed by atoms with Crippen LogP contribution in [-0.2, 0) is 14.5 Å².